The Bertz CT molecular complexity index is 952. The number of para-hydroxylation sites is 1. The lowest BCUT2D eigenvalue weighted by molar-refractivity contribution is -0.133. The molecule has 1 amide bonds. The summed E-state index contributed by atoms with van der Waals surface area (Å²) in [5, 5.41) is 20.5. The van der Waals surface area contributed by atoms with Crippen LogP contribution in [-0.2, 0) is 11.2 Å². The number of rotatable bonds is 2. The third kappa shape index (κ3) is 2.69. The van der Waals surface area contributed by atoms with E-state index in [1.54, 1.807) is 23.1 Å². The van der Waals surface area contributed by atoms with Crippen LogP contribution in [0.25, 0.3) is 16.7 Å². The van der Waals surface area contributed by atoms with E-state index in [9.17, 15) is 15.0 Å². The molecule has 6 heteroatoms. The number of aliphatic hydroxyl groups excluding tert-OH is 1. The summed E-state index contributed by atoms with van der Waals surface area (Å²) in [5.74, 6) is -0.115. The average molecular weight is 390 g/mol. The molecule has 2 aromatic rings. The fourth-order valence-electron chi connectivity index (χ4n) is 3.88. The van der Waals surface area contributed by atoms with E-state index in [4.69, 9.17) is 23.2 Å². The Morgan fingerprint density at radius 3 is 2.69 bits per heavy atom. The van der Waals surface area contributed by atoms with Gasteiger partial charge in [0, 0.05) is 18.7 Å². The highest BCUT2D eigenvalue weighted by molar-refractivity contribution is 6.43. The molecule has 0 aromatic heterocycles. The van der Waals surface area contributed by atoms with Crippen LogP contribution < -0.4 is 0 Å². The monoisotopic (exact) mass is 389 g/mol. The summed E-state index contributed by atoms with van der Waals surface area (Å²) in [5.41, 5.74) is 5.68. The van der Waals surface area contributed by atoms with E-state index in [-0.39, 0.29) is 11.7 Å². The first-order valence-electron chi connectivity index (χ1n) is 8.40. The number of amides is 1. The van der Waals surface area contributed by atoms with Gasteiger partial charge in [-0.15, -0.1) is 0 Å². The van der Waals surface area contributed by atoms with Gasteiger partial charge in [0.25, 0.3) is 0 Å². The standard InChI is InChI=1S/C20H17Cl2NO3/c21-16-8-13(12-3-1-2-4-17(12)25)19-14(20(16)22)7-11-5-6-23(9-15(11)19)18(26)10-24/h1-4,8,24-25H,5-7,9-10H2. The smallest absolute Gasteiger partial charge is 0.248 e. The van der Waals surface area contributed by atoms with Gasteiger partial charge >= 0.3 is 0 Å². The van der Waals surface area contributed by atoms with Crippen molar-refractivity contribution in [1.82, 2.24) is 4.90 Å². The van der Waals surface area contributed by atoms with Gasteiger partial charge in [-0.1, -0.05) is 47.0 Å². The van der Waals surface area contributed by atoms with Crippen LogP contribution in [0.2, 0.25) is 10.0 Å². The first kappa shape index (κ1) is 17.4. The number of hydrogen-bond donors (Lipinski definition) is 2. The molecule has 0 saturated heterocycles. The lowest BCUT2D eigenvalue weighted by atomic mass is 9.91. The molecule has 26 heavy (non-hydrogen) atoms. The number of carbonyl (C=O) groups excluding carboxylic acids is 1. The van der Waals surface area contributed by atoms with Gasteiger partial charge in [0.15, 0.2) is 0 Å². The molecule has 0 unspecified atom stereocenters. The molecule has 1 heterocycles. The minimum absolute atomic E-state index is 0.168. The number of phenols is 1. The molecule has 4 nitrogen and oxygen atoms in total. The van der Waals surface area contributed by atoms with Crippen molar-refractivity contribution in [2.45, 2.75) is 12.8 Å². The molecule has 1 aliphatic carbocycles. The molecule has 4 rings (SSSR count). The van der Waals surface area contributed by atoms with Crippen LogP contribution in [0.15, 0.2) is 35.9 Å². The van der Waals surface area contributed by atoms with Gasteiger partial charge in [-0.05, 0) is 47.2 Å². The molecule has 0 radical (unpaired) electrons. The topological polar surface area (TPSA) is 60.8 Å². The number of fused-ring (bicyclic) bond motifs is 2. The van der Waals surface area contributed by atoms with Gasteiger partial charge in [0.05, 0.1) is 10.0 Å². The fourth-order valence-corrected chi connectivity index (χ4v) is 4.32. The van der Waals surface area contributed by atoms with E-state index in [0.717, 1.165) is 28.7 Å². The van der Waals surface area contributed by atoms with Gasteiger partial charge in [0.2, 0.25) is 5.91 Å². The summed E-state index contributed by atoms with van der Waals surface area (Å²) in [6, 6.07) is 8.88. The second-order valence-electron chi connectivity index (χ2n) is 6.57. The third-order valence-electron chi connectivity index (χ3n) is 5.15. The fraction of sp³-hybridized carbons (Fsp3) is 0.250. The number of carbonyl (C=O) groups is 1. The number of halogens is 2. The lowest BCUT2D eigenvalue weighted by Crippen LogP contribution is -2.37. The number of nitrogens with zero attached hydrogens (tertiary/aromatic N) is 1. The zero-order valence-electron chi connectivity index (χ0n) is 13.9. The Labute approximate surface area is 161 Å². The highest BCUT2D eigenvalue weighted by atomic mass is 35.5. The number of hydrogen-bond acceptors (Lipinski definition) is 3. The Balaban J connectivity index is 1.90. The van der Waals surface area contributed by atoms with Gasteiger partial charge in [-0.3, -0.25) is 4.79 Å². The molecule has 0 spiro atoms. The van der Waals surface area contributed by atoms with Crippen LogP contribution >= 0.6 is 23.2 Å². The van der Waals surface area contributed by atoms with Crippen LogP contribution in [0.3, 0.4) is 0 Å². The van der Waals surface area contributed by atoms with E-state index in [1.165, 1.54) is 5.57 Å². The van der Waals surface area contributed by atoms with Gasteiger partial charge in [0.1, 0.15) is 12.4 Å². The zero-order valence-corrected chi connectivity index (χ0v) is 15.4. The molecule has 2 aromatic carbocycles. The van der Waals surface area contributed by atoms with Crippen LogP contribution in [0.1, 0.15) is 17.5 Å². The Kier molecular flexibility index (Phi) is 4.43. The minimum Gasteiger partial charge on any atom is -0.507 e. The second kappa shape index (κ2) is 6.62. The van der Waals surface area contributed by atoms with Crippen molar-refractivity contribution >= 4 is 34.7 Å². The Hall–Kier alpha value is -2.01. The van der Waals surface area contributed by atoms with Crippen LogP contribution in [0, 0.1) is 0 Å². The predicted octanol–water partition coefficient (Wildman–Crippen LogP) is 3.90. The summed E-state index contributed by atoms with van der Waals surface area (Å²) in [6.45, 7) is 0.521. The van der Waals surface area contributed by atoms with Crippen molar-refractivity contribution in [1.29, 1.82) is 0 Å². The van der Waals surface area contributed by atoms with E-state index >= 15 is 0 Å². The molecule has 2 aliphatic rings. The highest BCUT2D eigenvalue weighted by Gasteiger charge is 2.33. The molecule has 1 aliphatic heterocycles. The average Bonchev–Trinajstić information content (AvgIpc) is 3.03. The molecule has 0 saturated carbocycles. The maximum Gasteiger partial charge on any atom is 0.248 e. The zero-order chi connectivity index (χ0) is 18.4. The van der Waals surface area contributed by atoms with Gasteiger partial charge in [-0.2, -0.15) is 0 Å². The molecule has 2 N–H and O–H groups in total. The first-order valence-corrected chi connectivity index (χ1v) is 9.16. The van der Waals surface area contributed by atoms with E-state index in [2.05, 4.69) is 0 Å². The second-order valence-corrected chi connectivity index (χ2v) is 7.36. The summed E-state index contributed by atoms with van der Waals surface area (Å²) in [6.07, 6.45) is 1.44. The van der Waals surface area contributed by atoms with Crippen molar-refractivity contribution in [3.8, 4) is 16.9 Å². The molecular weight excluding hydrogens is 373 g/mol. The van der Waals surface area contributed by atoms with E-state index in [0.29, 0.717) is 35.1 Å². The minimum atomic E-state index is -0.497. The summed E-state index contributed by atoms with van der Waals surface area (Å²) >= 11 is 12.9. The van der Waals surface area contributed by atoms with Crippen molar-refractivity contribution in [3.05, 3.63) is 57.1 Å². The van der Waals surface area contributed by atoms with Crippen molar-refractivity contribution in [3.63, 3.8) is 0 Å². The van der Waals surface area contributed by atoms with E-state index < -0.39 is 6.61 Å². The van der Waals surface area contributed by atoms with Crippen molar-refractivity contribution in [2.75, 3.05) is 19.7 Å². The number of aliphatic hydroxyl groups is 1. The largest absolute Gasteiger partial charge is 0.507 e. The molecule has 134 valence electrons. The summed E-state index contributed by atoms with van der Waals surface area (Å²) in [4.78, 5) is 13.6. The molecule has 0 bridgehead atoms. The normalized spacial score (nSPS) is 15.9. The quantitative estimate of drug-likeness (QED) is 0.818. The van der Waals surface area contributed by atoms with Crippen molar-refractivity contribution < 1.29 is 15.0 Å². The summed E-state index contributed by atoms with van der Waals surface area (Å²) in [7, 11) is 0. The number of aromatic hydroxyl groups is 1. The Morgan fingerprint density at radius 2 is 1.96 bits per heavy atom. The maximum absolute atomic E-state index is 12.0. The molecule has 0 fully saturated rings. The number of benzene rings is 2. The first-order chi connectivity index (χ1) is 12.5. The lowest BCUT2D eigenvalue weighted by Gasteiger charge is -2.29. The molecular formula is C20H17Cl2NO3. The maximum atomic E-state index is 12.0. The highest BCUT2D eigenvalue weighted by Crippen LogP contribution is 2.49. The molecule has 0 atom stereocenters. The summed E-state index contributed by atoms with van der Waals surface area (Å²) < 4.78 is 0. The van der Waals surface area contributed by atoms with E-state index in [1.807, 2.05) is 12.1 Å². The number of phenolic OH excluding ortho intramolecular Hbond substituents is 1. The SMILES string of the molecule is O=C(CO)N1CCC2=C(C1)c1c(-c3ccccc3O)cc(Cl)c(Cl)c1C2. The van der Waals surface area contributed by atoms with Crippen molar-refractivity contribution in [2.24, 2.45) is 0 Å². The Morgan fingerprint density at radius 1 is 1.19 bits per heavy atom. The van der Waals surface area contributed by atoms with Gasteiger partial charge < -0.3 is 15.1 Å². The third-order valence-corrected chi connectivity index (χ3v) is 5.98. The van der Waals surface area contributed by atoms with Crippen LogP contribution in [0.4, 0.5) is 0 Å². The van der Waals surface area contributed by atoms with Gasteiger partial charge in [-0.25, -0.2) is 0 Å². The predicted molar refractivity (Wildman–Crippen MR) is 102 cm³/mol. The van der Waals surface area contributed by atoms with Crippen LogP contribution in [-0.4, -0.2) is 40.7 Å². The van der Waals surface area contributed by atoms with Crippen LogP contribution in [0.5, 0.6) is 5.75 Å².